The summed E-state index contributed by atoms with van der Waals surface area (Å²) in [4.78, 5) is 11.9. The van der Waals surface area contributed by atoms with Gasteiger partial charge in [0.2, 0.25) is 5.91 Å². The van der Waals surface area contributed by atoms with Crippen LogP contribution in [0, 0.1) is 0 Å². The highest BCUT2D eigenvalue weighted by atomic mass is 35.5. The van der Waals surface area contributed by atoms with Gasteiger partial charge in [0.05, 0.1) is 26.4 Å². The number of anilines is 2. The summed E-state index contributed by atoms with van der Waals surface area (Å²) >= 11 is 18.0. The summed E-state index contributed by atoms with van der Waals surface area (Å²) in [6.07, 6.45) is 0.271. The first-order valence-electron chi connectivity index (χ1n) is 6.30. The van der Waals surface area contributed by atoms with Crippen molar-refractivity contribution in [3.63, 3.8) is 0 Å². The molecule has 1 amide bonds. The second kappa shape index (κ2) is 7.55. The molecule has 0 unspecified atom stereocenters. The van der Waals surface area contributed by atoms with Crippen molar-refractivity contribution in [3.8, 4) is 0 Å². The van der Waals surface area contributed by atoms with Crippen molar-refractivity contribution in [3.05, 3.63) is 57.5 Å². The van der Waals surface area contributed by atoms with Crippen LogP contribution in [0.2, 0.25) is 15.1 Å². The number of benzene rings is 2. The lowest BCUT2D eigenvalue weighted by molar-refractivity contribution is -0.115. The molecular weight excluding hydrogens is 331 g/mol. The Bertz CT molecular complexity index is 626. The van der Waals surface area contributed by atoms with Crippen molar-refractivity contribution < 1.29 is 4.79 Å². The largest absolute Gasteiger partial charge is 0.383 e. The smallest absolute Gasteiger partial charge is 0.226 e. The predicted molar refractivity (Wildman–Crippen MR) is 89.7 cm³/mol. The van der Waals surface area contributed by atoms with Gasteiger partial charge in [-0.2, -0.15) is 0 Å². The van der Waals surface area contributed by atoms with Gasteiger partial charge in [0.25, 0.3) is 0 Å². The quantitative estimate of drug-likeness (QED) is 0.794. The lowest BCUT2D eigenvalue weighted by Gasteiger charge is -2.10. The molecule has 0 aliphatic carbocycles. The Labute approximate surface area is 138 Å². The molecule has 0 radical (unpaired) electrons. The van der Waals surface area contributed by atoms with Crippen molar-refractivity contribution in [2.24, 2.45) is 0 Å². The lowest BCUT2D eigenvalue weighted by atomic mass is 10.3. The van der Waals surface area contributed by atoms with E-state index in [1.165, 1.54) is 0 Å². The van der Waals surface area contributed by atoms with Crippen molar-refractivity contribution in [2.45, 2.75) is 6.42 Å². The van der Waals surface area contributed by atoms with Crippen molar-refractivity contribution in [1.82, 2.24) is 0 Å². The van der Waals surface area contributed by atoms with Crippen LogP contribution < -0.4 is 10.6 Å². The van der Waals surface area contributed by atoms with E-state index in [4.69, 9.17) is 34.8 Å². The molecule has 3 nitrogen and oxygen atoms in total. The lowest BCUT2D eigenvalue weighted by Crippen LogP contribution is -2.16. The van der Waals surface area contributed by atoms with Crippen LogP contribution in [-0.4, -0.2) is 12.5 Å². The van der Waals surface area contributed by atoms with Crippen LogP contribution in [0.5, 0.6) is 0 Å². The maximum absolute atomic E-state index is 11.9. The van der Waals surface area contributed by atoms with Gasteiger partial charge in [0, 0.05) is 13.0 Å². The topological polar surface area (TPSA) is 41.1 Å². The molecule has 0 aliphatic rings. The molecule has 2 aromatic carbocycles. The molecule has 0 fully saturated rings. The molecule has 0 spiro atoms. The van der Waals surface area contributed by atoms with Gasteiger partial charge in [-0.15, -0.1) is 0 Å². The van der Waals surface area contributed by atoms with Gasteiger partial charge >= 0.3 is 0 Å². The molecule has 2 rings (SSSR count). The highest BCUT2D eigenvalue weighted by Gasteiger charge is 2.09. The molecule has 0 heterocycles. The fourth-order valence-electron chi connectivity index (χ4n) is 1.73. The van der Waals surface area contributed by atoms with E-state index < -0.39 is 0 Å². The minimum absolute atomic E-state index is 0.176. The van der Waals surface area contributed by atoms with Gasteiger partial charge in [-0.05, 0) is 24.3 Å². The van der Waals surface area contributed by atoms with Crippen LogP contribution in [0.1, 0.15) is 6.42 Å². The van der Waals surface area contributed by atoms with E-state index in [9.17, 15) is 4.79 Å². The van der Waals surface area contributed by atoms with Gasteiger partial charge in [-0.3, -0.25) is 4.79 Å². The third-order valence-electron chi connectivity index (χ3n) is 2.77. The van der Waals surface area contributed by atoms with E-state index >= 15 is 0 Å². The molecule has 0 saturated heterocycles. The molecule has 0 atom stereocenters. The van der Waals surface area contributed by atoms with Crippen LogP contribution in [0.3, 0.4) is 0 Å². The maximum Gasteiger partial charge on any atom is 0.226 e. The number of hydrogen-bond donors (Lipinski definition) is 2. The number of halogens is 3. The second-order valence-corrected chi connectivity index (χ2v) is 5.52. The van der Waals surface area contributed by atoms with Crippen LogP contribution in [0.4, 0.5) is 11.4 Å². The summed E-state index contributed by atoms with van der Waals surface area (Å²) in [7, 11) is 0. The van der Waals surface area contributed by atoms with Crippen molar-refractivity contribution >= 4 is 52.1 Å². The Morgan fingerprint density at radius 2 is 1.52 bits per heavy atom. The van der Waals surface area contributed by atoms with Crippen LogP contribution >= 0.6 is 34.8 Å². The fourth-order valence-corrected chi connectivity index (χ4v) is 2.43. The zero-order valence-electron chi connectivity index (χ0n) is 11.0. The Morgan fingerprint density at radius 3 is 2.19 bits per heavy atom. The summed E-state index contributed by atoms with van der Waals surface area (Å²) < 4.78 is 0. The molecule has 2 aromatic rings. The average molecular weight is 344 g/mol. The standard InChI is InChI=1S/C15H13Cl3N2O/c16-10-4-1-2-7-13(10)19-9-8-14(21)20-15-11(17)5-3-6-12(15)18/h1-7,19H,8-9H2,(H,20,21). The highest BCUT2D eigenvalue weighted by molar-refractivity contribution is 6.39. The number of amides is 1. The molecule has 0 saturated carbocycles. The first-order valence-corrected chi connectivity index (χ1v) is 7.43. The highest BCUT2D eigenvalue weighted by Crippen LogP contribution is 2.29. The molecule has 0 aliphatic heterocycles. The number of carbonyl (C=O) groups excluding carboxylic acids is 1. The summed E-state index contributed by atoms with van der Waals surface area (Å²) in [5.41, 5.74) is 1.23. The van der Waals surface area contributed by atoms with E-state index in [-0.39, 0.29) is 12.3 Å². The summed E-state index contributed by atoms with van der Waals surface area (Å²) in [6.45, 7) is 0.456. The van der Waals surface area contributed by atoms with Gasteiger partial charge in [0.1, 0.15) is 0 Å². The van der Waals surface area contributed by atoms with Crippen LogP contribution in [-0.2, 0) is 4.79 Å². The number of carbonyl (C=O) groups is 1. The molecule has 2 N–H and O–H groups in total. The first-order chi connectivity index (χ1) is 10.1. The minimum atomic E-state index is -0.176. The van der Waals surface area contributed by atoms with Gasteiger partial charge in [-0.1, -0.05) is 53.0 Å². The zero-order chi connectivity index (χ0) is 15.2. The molecule has 6 heteroatoms. The van der Waals surface area contributed by atoms with E-state index in [0.29, 0.717) is 27.3 Å². The molecule has 110 valence electrons. The second-order valence-electron chi connectivity index (χ2n) is 4.30. The van der Waals surface area contributed by atoms with Crippen LogP contribution in [0.15, 0.2) is 42.5 Å². The van der Waals surface area contributed by atoms with Crippen molar-refractivity contribution in [2.75, 3.05) is 17.2 Å². The number of nitrogens with one attached hydrogen (secondary N) is 2. The zero-order valence-corrected chi connectivity index (χ0v) is 13.3. The molecular formula is C15H13Cl3N2O. The average Bonchev–Trinajstić information content (AvgIpc) is 2.45. The number of rotatable bonds is 5. The Kier molecular flexibility index (Phi) is 5.74. The van der Waals surface area contributed by atoms with E-state index in [1.54, 1.807) is 24.3 Å². The normalized spacial score (nSPS) is 10.2. The monoisotopic (exact) mass is 342 g/mol. The summed E-state index contributed by atoms with van der Waals surface area (Å²) in [5, 5.41) is 7.25. The SMILES string of the molecule is O=C(CCNc1ccccc1Cl)Nc1c(Cl)cccc1Cl. The van der Waals surface area contributed by atoms with Crippen LogP contribution in [0.25, 0.3) is 0 Å². The summed E-state index contributed by atoms with van der Waals surface area (Å²) in [5.74, 6) is -0.176. The number of hydrogen-bond acceptors (Lipinski definition) is 2. The maximum atomic E-state index is 11.9. The predicted octanol–water partition coefficient (Wildman–Crippen LogP) is 5.09. The molecule has 0 bridgehead atoms. The van der Waals surface area contributed by atoms with E-state index in [0.717, 1.165) is 5.69 Å². The molecule has 0 aromatic heterocycles. The summed E-state index contributed by atoms with van der Waals surface area (Å²) in [6, 6.07) is 12.4. The van der Waals surface area contributed by atoms with E-state index in [2.05, 4.69) is 10.6 Å². The first kappa shape index (κ1) is 16.0. The van der Waals surface area contributed by atoms with Gasteiger partial charge < -0.3 is 10.6 Å². The Hall–Kier alpha value is -1.42. The fraction of sp³-hybridized carbons (Fsp3) is 0.133. The third kappa shape index (κ3) is 4.53. The van der Waals surface area contributed by atoms with E-state index in [1.807, 2.05) is 18.2 Å². The minimum Gasteiger partial charge on any atom is -0.383 e. The van der Waals surface area contributed by atoms with Gasteiger partial charge in [-0.25, -0.2) is 0 Å². The Morgan fingerprint density at radius 1 is 0.905 bits per heavy atom. The third-order valence-corrected chi connectivity index (χ3v) is 3.73. The molecule has 21 heavy (non-hydrogen) atoms. The van der Waals surface area contributed by atoms with Gasteiger partial charge in [0.15, 0.2) is 0 Å². The Balaban J connectivity index is 1.87. The number of para-hydroxylation sites is 2. The van der Waals surface area contributed by atoms with Crippen molar-refractivity contribution in [1.29, 1.82) is 0 Å².